The number of Topliss-reactive ketones (excluding diaryl/α,β-unsaturated/α-hetero) is 1. The van der Waals surface area contributed by atoms with Crippen LogP contribution in [0.1, 0.15) is 44.6 Å². The number of allylic oxidation sites excluding steroid dienone is 4. The Hall–Kier alpha value is -2.09. The first-order valence-corrected chi connectivity index (χ1v) is 10.3. The van der Waals surface area contributed by atoms with Crippen molar-refractivity contribution >= 4 is 15.6 Å². The number of benzene rings is 1. The van der Waals surface area contributed by atoms with Crippen molar-refractivity contribution in [2.24, 2.45) is 5.41 Å². The predicted octanol–water partition coefficient (Wildman–Crippen LogP) is 3.46. The zero-order valence-electron chi connectivity index (χ0n) is 14.8. The van der Waals surface area contributed by atoms with Crippen LogP contribution in [0.25, 0.3) is 0 Å². The fourth-order valence-corrected chi connectivity index (χ4v) is 5.96. The lowest BCUT2D eigenvalue weighted by molar-refractivity contribution is -0.124. The molecule has 8 heteroatoms. The lowest BCUT2D eigenvalue weighted by atomic mass is 9.69. The Morgan fingerprint density at radius 1 is 1.07 bits per heavy atom. The molecule has 0 saturated heterocycles. The molecule has 0 fully saturated rings. The van der Waals surface area contributed by atoms with Crippen molar-refractivity contribution in [3.05, 3.63) is 57.0 Å². The van der Waals surface area contributed by atoms with Crippen LogP contribution >= 0.6 is 0 Å². The van der Waals surface area contributed by atoms with Crippen LogP contribution in [0.15, 0.2) is 34.0 Å². The van der Waals surface area contributed by atoms with E-state index in [4.69, 9.17) is 0 Å². The van der Waals surface area contributed by atoms with E-state index in [1.54, 1.807) is 13.8 Å². The van der Waals surface area contributed by atoms with Gasteiger partial charge in [0.15, 0.2) is 33.1 Å². The number of sulfone groups is 1. The van der Waals surface area contributed by atoms with Crippen LogP contribution in [-0.4, -0.2) is 20.0 Å². The number of rotatable bonds is 1. The summed E-state index contributed by atoms with van der Waals surface area (Å²) >= 11 is 0. The molecule has 27 heavy (non-hydrogen) atoms. The summed E-state index contributed by atoms with van der Waals surface area (Å²) < 4.78 is 67.3. The Kier molecular flexibility index (Phi) is 3.86. The van der Waals surface area contributed by atoms with Gasteiger partial charge in [-0.2, -0.15) is 0 Å². The van der Waals surface area contributed by atoms with Gasteiger partial charge in [0, 0.05) is 34.4 Å². The first-order valence-electron chi connectivity index (χ1n) is 8.68. The van der Waals surface area contributed by atoms with Gasteiger partial charge in [-0.25, -0.2) is 21.6 Å². The van der Waals surface area contributed by atoms with Crippen molar-refractivity contribution in [1.82, 2.24) is 5.32 Å². The monoisotopic (exact) mass is 397 g/mol. The summed E-state index contributed by atoms with van der Waals surface area (Å²) in [4.78, 5) is 13.0. The zero-order chi connectivity index (χ0) is 19.7. The molecule has 0 saturated carbocycles. The molecule has 1 unspecified atom stereocenters. The smallest absolute Gasteiger partial charge is 0.194 e. The Labute approximate surface area is 155 Å². The molecular weight excluding hydrogens is 379 g/mol. The molecule has 0 amide bonds. The van der Waals surface area contributed by atoms with Crippen molar-refractivity contribution in [3.8, 4) is 0 Å². The van der Waals surface area contributed by atoms with Gasteiger partial charge in [-0.3, -0.25) is 4.79 Å². The zero-order valence-corrected chi connectivity index (χ0v) is 15.6. The van der Waals surface area contributed by atoms with E-state index in [-0.39, 0.29) is 34.0 Å². The maximum Gasteiger partial charge on any atom is 0.194 e. The third-order valence-corrected chi connectivity index (χ3v) is 7.56. The molecule has 4 rings (SSSR count). The van der Waals surface area contributed by atoms with E-state index in [2.05, 4.69) is 5.32 Å². The summed E-state index contributed by atoms with van der Waals surface area (Å²) in [5.74, 6) is -6.22. The molecule has 0 bridgehead atoms. The summed E-state index contributed by atoms with van der Waals surface area (Å²) in [6, 6.07) is 1.79. The molecule has 0 radical (unpaired) electrons. The second kappa shape index (κ2) is 5.70. The van der Waals surface area contributed by atoms with Crippen LogP contribution in [0.4, 0.5) is 13.2 Å². The van der Waals surface area contributed by atoms with E-state index in [9.17, 15) is 26.4 Å². The largest absolute Gasteiger partial charge is 0.361 e. The van der Waals surface area contributed by atoms with Crippen LogP contribution in [0, 0.1) is 22.9 Å². The van der Waals surface area contributed by atoms with Crippen molar-refractivity contribution in [3.63, 3.8) is 0 Å². The van der Waals surface area contributed by atoms with Gasteiger partial charge in [0.25, 0.3) is 0 Å². The minimum atomic E-state index is -3.75. The highest BCUT2D eigenvalue weighted by Gasteiger charge is 2.49. The molecule has 4 nitrogen and oxygen atoms in total. The van der Waals surface area contributed by atoms with Crippen LogP contribution in [0.3, 0.4) is 0 Å². The van der Waals surface area contributed by atoms with Gasteiger partial charge in [-0.15, -0.1) is 0 Å². The molecule has 0 spiro atoms. The minimum Gasteiger partial charge on any atom is -0.361 e. The maximum absolute atomic E-state index is 14.6. The molecular formula is C19H18F3NO3S. The number of halogens is 3. The van der Waals surface area contributed by atoms with Gasteiger partial charge in [-0.05, 0) is 18.9 Å². The Morgan fingerprint density at radius 2 is 1.78 bits per heavy atom. The lowest BCUT2D eigenvalue weighted by Gasteiger charge is -2.38. The van der Waals surface area contributed by atoms with E-state index in [1.807, 2.05) is 0 Å². The summed E-state index contributed by atoms with van der Waals surface area (Å²) in [5.41, 5.74) is 0.0147. The maximum atomic E-state index is 14.6. The van der Waals surface area contributed by atoms with Gasteiger partial charge in [0.1, 0.15) is 0 Å². The van der Waals surface area contributed by atoms with Gasteiger partial charge >= 0.3 is 0 Å². The number of hydrogen-bond donors (Lipinski definition) is 1. The number of ketones is 1. The highest BCUT2D eigenvalue weighted by molar-refractivity contribution is 7.95. The van der Waals surface area contributed by atoms with E-state index in [0.29, 0.717) is 24.2 Å². The summed E-state index contributed by atoms with van der Waals surface area (Å²) in [6.45, 7) is 3.48. The van der Waals surface area contributed by atoms with Crippen molar-refractivity contribution in [1.29, 1.82) is 0 Å². The molecule has 1 atom stereocenters. The van der Waals surface area contributed by atoms with Gasteiger partial charge in [0.05, 0.1) is 16.6 Å². The van der Waals surface area contributed by atoms with Gasteiger partial charge < -0.3 is 5.32 Å². The quantitative estimate of drug-likeness (QED) is 0.738. The van der Waals surface area contributed by atoms with Crippen LogP contribution < -0.4 is 5.32 Å². The average Bonchev–Trinajstić information content (AvgIpc) is 2.90. The Morgan fingerprint density at radius 3 is 2.48 bits per heavy atom. The van der Waals surface area contributed by atoms with E-state index < -0.39 is 38.6 Å². The molecule has 1 aromatic rings. The predicted molar refractivity (Wildman–Crippen MR) is 92.7 cm³/mol. The number of nitrogens with one attached hydrogen (secondary N) is 1. The molecule has 144 valence electrons. The van der Waals surface area contributed by atoms with Crippen molar-refractivity contribution < 1.29 is 26.4 Å². The molecule has 2 aliphatic heterocycles. The van der Waals surface area contributed by atoms with Gasteiger partial charge in [-0.1, -0.05) is 19.9 Å². The van der Waals surface area contributed by atoms with Crippen LogP contribution in [0.5, 0.6) is 0 Å². The fraction of sp³-hybridized carbons (Fsp3) is 0.421. The van der Waals surface area contributed by atoms with Crippen molar-refractivity contribution in [2.75, 3.05) is 5.75 Å². The molecule has 1 N–H and O–H groups in total. The summed E-state index contributed by atoms with van der Waals surface area (Å²) in [6.07, 6.45) is 1.26. The second-order valence-electron chi connectivity index (χ2n) is 7.84. The first-order chi connectivity index (χ1) is 12.5. The molecule has 3 aliphatic rings. The topological polar surface area (TPSA) is 63.2 Å². The Balaban J connectivity index is 2.01. The van der Waals surface area contributed by atoms with E-state index in [1.165, 1.54) is 0 Å². The molecule has 0 aromatic heterocycles. The Bertz CT molecular complexity index is 1050. The second-order valence-corrected chi connectivity index (χ2v) is 9.92. The minimum absolute atomic E-state index is 0.0998. The van der Waals surface area contributed by atoms with E-state index >= 15 is 0 Å². The highest BCUT2D eigenvalue weighted by Crippen LogP contribution is 2.51. The standard InChI is InChI=1S/C19H18F3NO3S/c1-19(2)7-5-11-14(18(19)24)13(9-3-4-10(20)16(22)15(9)21)17-12(23-11)6-8-27(17,25)26/h3-4,13,23H,5-8H2,1-2H3. The third-order valence-electron chi connectivity index (χ3n) is 5.67. The molecule has 1 aromatic carbocycles. The van der Waals surface area contributed by atoms with E-state index in [0.717, 1.165) is 12.1 Å². The number of dihydropyridines is 1. The first kappa shape index (κ1) is 18.3. The third kappa shape index (κ3) is 2.56. The number of carbonyl (C=O) groups is 1. The molecule has 1 aliphatic carbocycles. The average molecular weight is 397 g/mol. The summed E-state index contributed by atoms with van der Waals surface area (Å²) in [7, 11) is -3.75. The van der Waals surface area contributed by atoms with Crippen molar-refractivity contribution in [2.45, 2.75) is 39.0 Å². The number of carbonyl (C=O) groups excluding carboxylic acids is 1. The summed E-state index contributed by atoms with van der Waals surface area (Å²) in [5, 5.41) is 3.06. The normalized spacial score (nSPS) is 26.0. The number of hydrogen-bond acceptors (Lipinski definition) is 4. The lowest BCUT2D eigenvalue weighted by Crippen LogP contribution is -2.39. The van der Waals surface area contributed by atoms with Gasteiger partial charge in [0.2, 0.25) is 0 Å². The fourth-order valence-electron chi connectivity index (χ4n) is 4.13. The molecule has 2 heterocycles. The highest BCUT2D eigenvalue weighted by atomic mass is 32.2. The van der Waals surface area contributed by atoms with Crippen LogP contribution in [0.2, 0.25) is 0 Å². The SMILES string of the molecule is CC1(C)CCC2=C(C1=O)C(c1ccc(F)c(F)c1F)C1=C(CCS1(=O)=O)N2. The van der Waals surface area contributed by atoms with Crippen LogP contribution in [-0.2, 0) is 14.6 Å².